The van der Waals surface area contributed by atoms with Crippen LogP contribution >= 0.6 is 11.3 Å². The zero-order valence-corrected chi connectivity index (χ0v) is 21.9. The molecule has 1 saturated heterocycles. The molecule has 3 heterocycles. The van der Waals surface area contributed by atoms with Crippen molar-refractivity contribution in [2.75, 3.05) is 38.0 Å². The van der Waals surface area contributed by atoms with Crippen molar-refractivity contribution in [3.8, 4) is 0 Å². The van der Waals surface area contributed by atoms with Crippen molar-refractivity contribution in [2.24, 2.45) is 5.92 Å². The number of hydrogen-bond acceptors (Lipinski definition) is 6. The number of nitrogens with zero attached hydrogens (tertiary/aromatic N) is 3. The summed E-state index contributed by atoms with van der Waals surface area (Å²) in [5, 5.41) is 3.87. The van der Waals surface area contributed by atoms with Crippen LogP contribution in [0.15, 0.2) is 23.0 Å². The summed E-state index contributed by atoms with van der Waals surface area (Å²) in [7, 11) is 0. The van der Waals surface area contributed by atoms with Crippen LogP contribution in [0.4, 0.5) is 5.69 Å². The summed E-state index contributed by atoms with van der Waals surface area (Å²) in [4.78, 5) is 40.4. The van der Waals surface area contributed by atoms with Gasteiger partial charge < -0.3 is 10.3 Å². The van der Waals surface area contributed by atoms with Gasteiger partial charge >= 0.3 is 0 Å². The summed E-state index contributed by atoms with van der Waals surface area (Å²) in [6, 6.07) is 6.00. The molecule has 2 N–H and O–H groups in total. The van der Waals surface area contributed by atoms with Crippen molar-refractivity contribution < 1.29 is 4.79 Å². The maximum atomic E-state index is 13.0. The number of anilines is 1. The molecule has 2 aromatic heterocycles. The molecule has 1 fully saturated rings. The Kier molecular flexibility index (Phi) is 6.79. The Morgan fingerprint density at radius 2 is 2.03 bits per heavy atom. The summed E-state index contributed by atoms with van der Waals surface area (Å²) in [6.45, 7) is 12.1. The number of carbonyl (C=O) groups excluding carboxylic acids is 1. The van der Waals surface area contributed by atoms with Crippen LogP contribution in [0.3, 0.4) is 0 Å². The van der Waals surface area contributed by atoms with Crippen LogP contribution in [0, 0.1) is 19.8 Å². The van der Waals surface area contributed by atoms with Gasteiger partial charge in [0.2, 0.25) is 5.91 Å². The quantitative estimate of drug-likeness (QED) is 0.561. The summed E-state index contributed by atoms with van der Waals surface area (Å²) in [5.41, 5.74) is 4.40. The van der Waals surface area contributed by atoms with Crippen LogP contribution in [-0.2, 0) is 17.6 Å². The minimum absolute atomic E-state index is 0.00523. The highest BCUT2D eigenvalue weighted by Gasteiger charge is 2.27. The average molecular weight is 494 g/mol. The number of aromatic amines is 1. The van der Waals surface area contributed by atoms with Crippen molar-refractivity contribution in [3.63, 3.8) is 0 Å². The van der Waals surface area contributed by atoms with Crippen molar-refractivity contribution in [2.45, 2.75) is 53.0 Å². The monoisotopic (exact) mass is 493 g/mol. The Bertz CT molecular complexity index is 1300. The van der Waals surface area contributed by atoms with E-state index in [9.17, 15) is 9.59 Å². The highest BCUT2D eigenvalue weighted by Crippen LogP contribution is 2.36. The van der Waals surface area contributed by atoms with Gasteiger partial charge in [-0.2, -0.15) is 0 Å². The van der Waals surface area contributed by atoms with E-state index in [2.05, 4.69) is 46.9 Å². The number of aromatic nitrogens is 2. The smallest absolute Gasteiger partial charge is 0.259 e. The fraction of sp³-hybridized carbons (Fsp3) is 0.519. The zero-order chi connectivity index (χ0) is 24.7. The molecule has 2 atom stereocenters. The Balaban J connectivity index is 1.21. The SMILES string of the molecule is Cc1cccc(NC(=O)CN2CCN(C(C)c3nc4sc5c(c4c(=O)[nH]3)CCC(C)C5)CC2)c1C. The number of amides is 1. The first-order valence-corrected chi connectivity index (χ1v) is 13.5. The number of rotatable bonds is 5. The standard InChI is InChI=1S/C27H35N5O2S/c1-16-8-9-20-22(14-16)35-27-24(20)26(34)29-25(30-27)19(4)32-12-10-31(11-13-32)15-23(33)28-21-7-5-6-17(2)18(21)3/h5-7,16,19H,8-15H2,1-4H3,(H,28,33)(H,29,30,34). The largest absolute Gasteiger partial charge is 0.325 e. The molecular weight excluding hydrogens is 458 g/mol. The van der Waals surface area contributed by atoms with Gasteiger partial charge in [0.1, 0.15) is 10.7 Å². The third-order valence-corrected chi connectivity index (χ3v) is 8.93. The molecule has 2 aliphatic rings. The van der Waals surface area contributed by atoms with Crippen LogP contribution in [0.2, 0.25) is 0 Å². The van der Waals surface area contributed by atoms with Crippen LogP contribution in [0.1, 0.15) is 53.7 Å². The molecule has 1 aliphatic heterocycles. The van der Waals surface area contributed by atoms with Crippen LogP contribution in [0.25, 0.3) is 10.2 Å². The molecule has 3 aromatic rings. The number of hydrogen-bond donors (Lipinski definition) is 2. The number of fused-ring (bicyclic) bond motifs is 3. The number of nitrogens with one attached hydrogen (secondary N) is 2. The predicted octanol–water partition coefficient (Wildman–Crippen LogP) is 4.04. The van der Waals surface area contributed by atoms with Crippen molar-refractivity contribution in [3.05, 3.63) is 55.9 Å². The normalized spacial score (nSPS) is 20.1. The first-order valence-electron chi connectivity index (χ1n) is 12.7. The van der Waals surface area contributed by atoms with Gasteiger partial charge in [0.25, 0.3) is 5.56 Å². The van der Waals surface area contributed by atoms with Crippen molar-refractivity contribution in [1.29, 1.82) is 0 Å². The van der Waals surface area contributed by atoms with E-state index in [1.54, 1.807) is 11.3 Å². The Hall–Kier alpha value is -2.55. The van der Waals surface area contributed by atoms with E-state index in [1.165, 1.54) is 16.0 Å². The highest BCUT2D eigenvalue weighted by atomic mass is 32.1. The molecule has 0 bridgehead atoms. The second-order valence-electron chi connectivity index (χ2n) is 10.3. The topological polar surface area (TPSA) is 81.3 Å². The Morgan fingerprint density at radius 1 is 1.26 bits per heavy atom. The summed E-state index contributed by atoms with van der Waals surface area (Å²) < 4.78 is 0. The molecule has 5 rings (SSSR count). The van der Waals surface area contributed by atoms with Crippen LogP contribution in [0.5, 0.6) is 0 Å². The lowest BCUT2D eigenvalue weighted by Gasteiger charge is -2.37. The van der Waals surface area contributed by atoms with Gasteiger partial charge in [-0.15, -0.1) is 11.3 Å². The van der Waals surface area contributed by atoms with Gasteiger partial charge in [-0.05, 0) is 68.7 Å². The highest BCUT2D eigenvalue weighted by molar-refractivity contribution is 7.18. The van der Waals surface area contributed by atoms with Gasteiger partial charge in [0, 0.05) is 36.7 Å². The molecule has 0 spiro atoms. The number of benzene rings is 1. The van der Waals surface area contributed by atoms with E-state index in [0.717, 1.165) is 72.7 Å². The first kappa shape index (κ1) is 24.2. The van der Waals surface area contributed by atoms with Gasteiger partial charge in [-0.25, -0.2) is 4.98 Å². The fourth-order valence-electron chi connectivity index (χ4n) is 5.32. The lowest BCUT2D eigenvalue weighted by Crippen LogP contribution is -2.49. The molecule has 1 amide bonds. The molecule has 186 valence electrons. The number of thiophene rings is 1. The van der Waals surface area contributed by atoms with Crippen LogP contribution < -0.4 is 10.9 Å². The number of carbonyl (C=O) groups is 1. The molecule has 0 saturated carbocycles. The molecule has 35 heavy (non-hydrogen) atoms. The van der Waals surface area contributed by atoms with E-state index in [1.807, 2.05) is 19.1 Å². The lowest BCUT2D eigenvalue weighted by atomic mass is 9.89. The lowest BCUT2D eigenvalue weighted by molar-refractivity contribution is -0.117. The summed E-state index contributed by atoms with van der Waals surface area (Å²) >= 11 is 1.70. The van der Waals surface area contributed by atoms with E-state index < -0.39 is 0 Å². The number of aryl methyl sites for hydroxylation is 2. The van der Waals surface area contributed by atoms with Crippen LogP contribution in [-0.4, -0.2) is 58.4 Å². The molecule has 0 radical (unpaired) electrons. The minimum Gasteiger partial charge on any atom is -0.325 e. The molecule has 1 aromatic carbocycles. The third-order valence-electron chi connectivity index (χ3n) is 7.78. The molecule has 8 heteroatoms. The van der Waals surface area contributed by atoms with Gasteiger partial charge in [0.15, 0.2) is 0 Å². The summed E-state index contributed by atoms with van der Waals surface area (Å²) in [5.74, 6) is 1.44. The average Bonchev–Trinajstić information content (AvgIpc) is 3.20. The maximum absolute atomic E-state index is 13.0. The van der Waals surface area contributed by atoms with E-state index in [0.29, 0.717) is 12.5 Å². The van der Waals surface area contributed by atoms with Gasteiger partial charge in [-0.3, -0.25) is 19.4 Å². The molecule has 2 unspecified atom stereocenters. The fourth-order valence-corrected chi connectivity index (χ4v) is 6.71. The Morgan fingerprint density at radius 3 is 2.80 bits per heavy atom. The third kappa shape index (κ3) is 4.92. The summed E-state index contributed by atoms with van der Waals surface area (Å²) in [6.07, 6.45) is 3.18. The van der Waals surface area contributed by atoms with Crippen molar-refractivity contribution in [1.82, 2.24) is 19.8 Å². The number of H-pyrrole nitrogens is 1. The minimum atomic E-state index is 0.00523. The second kappa shape index (κ2) is 9.84. The Labute approximate surface area is 210 Å². The number of piperazine rings is 1. The predicted molar refractivity (Wildman–Crippen MR) is 142 cm³/mol. The van der Waals surface area contributed by atoms with Gasteiger partial charge in [0.05, 0.1) is 18.0 Å². The maximum Gasteiger partial charge on any atom is 0.259 e. The molecular formula is C27H35N5O2S. The first-order chi connectivity index (χ1) is 16.8. The second-order valence-corrected chi connectivity index (χ2v) is 11.4. The molecule has 1 aliphatic carbocycles. The van der Waals surface area contributed by atoms with E-state index in [4.69, 9.17) is 4.98 Å². The molecule has 7 nitrogen and oxygen atoms in total. The zero-order valence-electron chi connectivity index (χ0n) is 21.1. The van der Waals surface area contributed by atoms with E-state index >= 15 is 0 Å². The van der Waals surface area contributed by atoms with Crippen molar-refractivity contribution >= 4 is 33.1 Å². The van der Waals surface area contributed by atoms with E-state index in [-0.39, 0.29) is 17.5 Å². The van der Waals surface area contributed by atoms with Gasteiger partial charge in [-0.1, -0.05) is 19.1 Å².